The molecule has 1 aliphatic heterocycles. The third-order valence-corrected chi connectivity index (χ3v) is 5.58. The van der Waals surface area contributed by atoms with E-state index in [0.29, 0.717) is 17.5 Å². The van der Waals surface area contributed by atoms with Crippen LogP contribution in [-0.4, -0.2) is 22.1 Å². The molecule has 150 valence electrons. The zero-order valence-electron chi connectivity index (χ0n) is 15.8. The predicted molar refractivity (Wildman–Crippen MR) is 113 cm³/mol. The van der Waals surface area contributed by atoms with Crippen LogP contribution in [0.2, 0.25) is 0 Å². The lowest BCUT2D eigenvalue weighted by Gasteiger charge is -2.02. The van der Waals surface area contributed by atoms with Crippen LogP contribution in [0, 0.1) is 0 Å². The summed E-state index contributed by atoms with van der Waals surface area (Å²) in [4.78, 5) is 28.9. The van der Waals surface area contributed by atoms with Gasteiger partial charge in [-0.2, -0.15) is 0 Å². The van der Waals surface area contributed by atoms with Crippen LogP contribution in [-0.2, 0) is 13.0 Å². The molecule has 0 fully saturated rings. The lowest BCUT2D eigenvalue weighted by Crippen LogP contribution is -2.18. The Labute approximate surface area is 175 Å². The minimum Gasteiger partial charge on any atom is -0.493 e. The zero-order chi connectivity index (χ0) is 20.5. The van der Waals surface area contributed by atoms with E-state index in [2.05, 4.69) is 16.4 Å². The number of amides is 1. The number of carbonyl (C=O) groups excluding carboxylic acids is 1. The molecule has 1 aliphatic rings. The summed E-state index contributed by atoms with van der Waals surface area (Å²) in [5.74, 6) is 1.23. The molecule has 1 N–H and O–H groups in total. The van der Waals surface area contributed by atoms with Crippen molar-refractivity contribution >= 4 is 22.4 Å². The highest BCUT2D eigenvalue weighted by atomic mass is 32.1. The topological polar surface area (TPSA) is 86.4 Å². The molecule has 8 heteroatoms. The van der Waals surface area contributed by atoms with E-state index in [1.165, 1.54) is 27.5 Å². The molecule has 5 rings (SSSR count). The van der Waals surface area contributed by atoms with Crippen LogP contribution < -0.4 is 15.6 Å². The van der Waals surface area contributed by atoms with E-state index in [0.717, 1.165) is 23.4 Å². The molecule has 0 saturated heterocycles. The Morgan fingerprint density at radius 3 is 3.03 bits per heavy atom. The molecule has 7 nitrogen and oxygen atoms in total. The number of fused-ring (bicyclic) bond motifs is 1. The molecule has 0 spiro atoms. The monoisotopic (exact) mass is 419 g/mol. The van der Waals surface area contributed by atoms with E-state index in [1.54, 1.807) is 30.5 Å². The van der Waals surface area contributed by atoms with Crippen molar-refractivity contribution in [3.63, 3.8) is 0 Å². The zero-order valence-corrected chi connectivity index (χ0v) is 16.6. The minimum atomic E-state index is -0.384. The average molecular weight is 419 g/mol. The highest BCUT2D eigenvalue weighted by Gasteiger charge is 2.16. The van der Waals surface area contributed by atoms with Gasteiger partial charge < -0.3 is 13.7 Å². The SMILES string of the molecule is O=C(Nc1nc(-c2ccc3c(c2)CCO3)cs1)c1ccc(Cn2ccccc2=O)o1. The van der Waals surface area contributed by atoms with Crippen LogP contribution in [0.3, 0.4) is 0 Å². The summed E-state index contributed by atoms with van der Waals surface area (Å²) in [6.45, 7) is 0.970. The number of hydrogen-bond donors (Lipinski definition) is 1. The van der Waals surface area contributed by atoms with Gasteiger partial charge in [-0.25, -0.2) is 4.98 Å². The fraction of sp³-hybridized carbons (Fsp3) is 0.136. The number of anilines is 1. The number of thiazole rings is 1. The van der Waals surface area contributed by atoms with Crippen molar-refractivity contribution in [3.8, 4) is 17.0 Å². The molecule has 30 heavy (non-hydrogen) atoms. The first-order valence-electron chi connectivity index (χ1n) is 9.43. The van der Waals surface area contributed by atoms with Crippen LogP contribution >= 0.6 is 11.3 Å². The highest BCUT2D eigenvalue weighted by Crippen LogP contribution is 2.32. The highest BCUT2D eigenvalue weighted by molar-refractivity contribution is 7.14. The molecule has 0 radical (unpaired) electrons. The van der Waals surface area contributed by atoms with Crippen LogP contribution in [0.4, 0.5) is 5.13 Å². The van der Waals surface area contributed by atoms with Crippen molar-refractivity contribution < 1.29 is 13.9 Å². The summed E-state index contributed by atoms with van der Waals surface area (Å²) in [7, 11) is 0. The lowest BCUT2D eigenvalue weighted by atomic mass is 10.1. The van der Waals surface area contributed by atoms with Gasteiger partial charge in [-0.15, -0.1) is 11.3 Å². The van der Waals surface area contributed by atoms with Gasteiger partial charge in [0, 0.05) is 29.6 Å². The van der Waals surface area contributed by atoms with Gasteiger partial charge in [-0.3, -0.25) is 14.9 Å². The molecule has 4 aromatic rings. The van der Waals surface area contributed by atoms with Crippen molar-refractivity contribution in [3.05, 3.63) is 87.5 Å². The van der Waals surface area contributed by atoms with E-state index < -0.39 is 0 Å². The van der Waals surface area contributed by atoms with E-state index in [-0.39, 0.29) is 23.8 Å². The third kappa shape index (κ3) is 3.65. The van der Waals surface area contributed by atoms with Crippen molar-refractivity contribution in [2.45, 2.75) is 13.0 Å². The van der Waals surface area contributed by atoms with Crippen LogP contribution in [0.25, 0.3) is 11.3 Å². The number of rotatable bonds is 5. The van der Waals surface area contributed by atoms with Crippen molar-refractivity contribution in [2.75, 3.05) is 11.9 Å². The second-order valence-electron chi connectivity index (χ2n) is 6.85. The Hall–Kier alpha value is -3.65. The smallest absolute Gasteiger partial charge is 0.293 e. The van der Waals surface area contributed by atoms with Gasteiger partial charge in [0.2, 0.25) is 0 Å². The number of nitrogens with zero attached hydrogens (tertiary/aromatic N) is 2. The normalized spacial score (nSPS) is 12.4. The standard InChI is InChI=1S/C22H17N3O4S/c26-20-3-1-2-9-25(20)12-16-5-7-19(29-16)21(27)24-22-23-17(13-30-22)14-4-6-18-15(11-14)8-10-28-18/h1-7,9,11,13H,8,10,12H2,(H,23,24,27). The fourth-order valence-electron chi connectivity index (χ4n) is 3.31. The van der Waals surface area contributed by atoms with Crippen molar-refractivity contribution in [1.29, 1.82) is 0 Å². The first-order valence-corrected chi connectivity index (χ1v) is 10.3. The van der Waals surface area contributed by atoms with Gasteiger partial charge in [-0.05, 0) is 42.0 Å². The average Bonchev–Trinajstić information content (AvgIpc) is 3.49. The summed E-state index contributed by atoms with van der Waals surface area (Å²) >= 11 is 1.35. The van der Waals surface area contributed by atoms with E-state index in [9.17, 15) is 9.59 Å². The van der Waals surface area contributed by atoms with E-state index in [1.807, 2.05) is 17.5 Å². The lowest BCUT2D eigenvalue weighted by molar-refractivity contribution is 0.0994. The maximum Gasteiger partial charge on any atom is 0.293 e. The summed E-state index contributed by atoms with van der Waals surface area (Å²) < 4.78 is 12.7. The Kier molecular flexibility index (Phi) is 4.68. The first kappa shape index (κ1) is 18.4. The number of furan rings is 1. The number of carbonyl (C=O) groups is 1. The van der Waals surface area contributed by atoms with Crippen LogP contribution in [0.5, 0.6) is 5.75 Å². The van der Waals surface area contributed by atoms with Gasteiger partial charge in [-0.1, -0.05) is 6.07 Å². The summed E-state index contributed by atoms with van der Waals surface area (Å²) in [5.41, 5.74) is 2.83. The second-order valence-corrected chi connectivity index (χ2v) is 7.70. The molecule has 0 atom stereocenters. The molecule has 4 heterocycles. The van der Waals surface area contributed by atoms with Crippen molar-refractivity contribution in [1.82, 2.24) is 9.55 Å². The van der Waals surface area contributed by atoms with E-state index >= 15 is 0 Å². The summed E-state index contributed by atoms with van der Waals surface area (Å²) in [6, 6.07) is 14.2. The maximum atomic E-state index is 12.5. The Bertz CT molecular complexity index is 1290. The van der Waals surface area contributed by atoms with Gasteiger partial charge in [0.05, 0.1) is 18.8 Å². The molecule has 0 unspecified atom stereocenters. The molecular formula is C22H17N3O4S. The summed E-state index contributed by atoms with van der Waals surface area (Å²) in [5, 5.41) is 5.17. The molecule has 0 aliphatic carbocycles. The second kappa shape index (κ2) is 7.64. The molecule has 1 aromatic carbocycles. The number of benzene rings is 1. The third-order valence-electron chi connectivity index (χ3n) is 4.82. The quantitative estimate of drug-likeness (QED) is 0.532. The van der Waals surface area contributed by atoms with Crippen LogP contribution in [0.15, 0.2) is 69.3 Å². The van der Waals surface area contributed by atoms with Crippen LogP contribution in [0.1, 0.15) is 21.9 Å². The summed E-state index contributed by atoms with van der Waals surface area (Å²) in [6.07, 6.45) is 2.57. The minimum absolute atomic E-state index is 0.131. The fourth-order valence-corrected chi connectivity index (χ4v) is 4.03. The Morgan fingerprint density at radius 2 is 2.13 bits per heavy atom. The molecular weight excluding hydrogens is 402 g/mol. The van der Waals surface area contributed by atoms with Gasteiger partial charge >= 0.3 is 0 Å². The molecule has 1 amide bonds. The first-order chi connectivity index (χ1) is 14.7. The molecule has 0 saturated carbocycles. The van der Waals surface area contributed by atoms with Crippen molar-refractivity contribution in [2.24, 2.45) is 0 Å². The Morgan fingerprint density at radius 1 is 1.20 bits per heavy atom. The van der Waals surface area contributed by atoms with Gasteiger partial charge in [0.15, 0.2) is 10.9 Å². The number of pyridine rings is 1. The van der Waals surface area contributed by atoms with Gasteiger partial charge in [0.1, 0.15) is 11.5 Å². The maximum absolute atomic E-state index is 12.5. The largest absolute Gasteiger partial charge is 0.493 e. The molecule has 0 bridgehead atoms. The number of ether oxygens (including phenoxy) is 1. The number of aromatic nitrogens is 2. The Balaban J connectivity index is 1.28. The van der Waals surface area contributed by atoms with E-state index in [4.69, 9.17) is 9.15 Å². The van der Waals surface area contributed by atoms with Gasteiger partial charge in [0.25, 0.3) is 11.5 Å². The predicted octanol–water partition coefficient (Wildman–Crippen LogP) is 3.80. The number of hydrogen-bond acceptors (Lipinski definition) is 6. The molecule has 3 aromatic heterocycles. The number of nitrogens with one attached hydrogen (secondary N) is 1.